The molecule has 1 rings (SSSR count). The topological polar surface area (TPSA) is 96.9 Å². The van der Waals surface area contributed by atoms with Crippen molar-refractivity contribution < 1.29 is 24.2 Å². The van der Waals surface area contributed by atoms with Crippen molar-refractivity contribution in [1.82, 2.24) is 10.6 Å². The van der Waals surface area contributed by atoms with E-state index < -0.39 is 12.2 Å². The number of carbonyl (C=O) groups is 2. The number of carbonyl (C=O) groups excluding carboxylic acids is 1. The SMILES string of the molecule is CCCCOCCOC(=O)NCC1(C)CC(NC(=O)O)CC(C)(C)C1. The van der Waals surface area contributed by atoms with E-state index in [0.29, 0.717) is 26.2 Å². The zero-order valence-electron chi connectivity index (χ0n) is 16.0. The average molecular weight is 358 g/mol. The van der Waals surface area contributed by atoms with Crippen LogP contribution in [0.5, 0.6) is 0 Å². The third-order valence-electron chi connectivity index (χ3n) is 4.53. The summed E-state index contributed by atoms with van der Waals surface area (Å²) in [5, 5.41) is 14.4. The minimum absolute atomic E-state index is 0.0127. The van der Waals surface area contributed by atoms with E-state index in [-0.39, 0.29) is 23.5 Å². The van der Waals surface area contributed by atoms with E-state index in [1.807, 2.05) is 0 Å². The fourth-order valence-electron chi connectivity index (χ4n) is 3.92. The number of nitrogens with one attached hydrogen (secondary N) is 2. The Balaban J connectivity index is 2.37. The number of carboxylic acid groups (broad SMARTS) is 1. The Morgan fingerprint density at radius 2 is 1.88 bits per heavy atom. The number of amides is 2. The van der Waals surface area contributed by atoms with E-state index in [0.717, 1.165) is 25.7 Å². The van der Waals surface area contributed by atoms with Crippen LogP contribution in [0.25, 0.3) is 0 Å². The van der Waals surface area contributed by atoms with Gasteiger partial charge in [-0.2, -0.15) is 0 Å². The van der Waals surface area contributed by atoms with E-state index in [9.17, 15) is 9.59 Å². The molecule has 1 saturated carbocycles. The van der Waals surface area contributed by atoms with Crippen LogP contribution in [0.4, 0.5) is 9.59 Å². The van der Waals surface area contributed by atoms with Gasteiger partial charge in [-0.3, -0.25) is 0 Å². The second-order valence-corrected chi connectivity index (χ2v) is 8.16. The fourth-order valence-corrected chi connectivity index (χ4v) is 3.92. The maximum atomic E-state index is 11.8. The van der Waals surface area contributed by atoms with Crippen molar-refractivity contribution in [3.8, 4) is 0 Å². The highest BCUT2D eigenvalue weighted by Gasteiger charge is 2.41. The lowest BCUT2D eigenvalue weighted by atomic mass is 9.62. The van der Waals surface area contributed by atoms with Gasteiger partial charge in [-0.25, -0.2) is 9.59 Å². The quantitative estimate of drug-likeness (QED) is 0.549. The predicted molar refractivity (Wildman–Crippen MR) is 95.8 cm³/mol. The molecule has 7 nitrogen and oxygen atoms in total. The summed E-state index contributed by atoms with van der Waals surface area (Å²) in [5.74, 6) is 0. The van der Waals surface area contributed by atoms with Gasteiger partial charge in [0.05, 0.1) is 6.61 Å². The molecule has 2 unspecified atom stereocenters. The van der Waals surface area contributed by atoms with Crippen LogP contribution in [0.15, 0.2) is 0 Å². The molecule has 0 saturated heterocycles. The zero-order chi connectivity index (χ0) is 18.9. The van der Waals surface area contributed by atoms with Crippen molar-refractivity contribution in [1.29, 1.82) is 0 Å². The molecule has 0 heterocycles. The number of unbranched alkanes of at least 4 members (excludes halogenated alkanes) is 1. The molecular formula is C18H34N2O5. The van der Waals surface area contributed by atoms with Crippen LogP contribution < -0.4 is 10.6 Å². The normalized spacial score (nSPS) is 25.2. The van der Waals surface area contributed by atoms with Crippen LogP contribution in [0.2, 0.25) is 0 Å². The fraction of sp³-hybridized carbons (Fsp3) is 0.889. The summed E-state index contributed by atoms with van der Waals surface area (Å²) >= 11 is 0. The average Bonchev–Trinajstić information content (AvgIpc) is 2.46. The summed E-state index contributed by atoms with van der Waals surface area (Å²) in [5.41, 5.74) is -0.162. The summed E-state index contributed by atoms with van der Waals surface area (Å²) in [6, 6.07) is -0.101. The molecule has 2 atom stereocenters. The number of hydrogen-bond acceptors (Lipinski definition) is 4. The summed E-state index contributed by atoms with van der Waals surface area (Å²) in [6.45, 7) is 10.2. The summed E-state index contributed by atoms with van der Waals surface area (Å²) < 4.78 is 10.5. The van der Waals surface area contributed by atoms with Crippen molar-refractivity contribution in [2.24, 2.45) is 10.8 Å². The molecule has 0 aliphatic heterocycles. The van der Waals surface area contributed by atoms with Gasteiger partial charge in [-0.15, -0.1) is 0 Å². The Morgan fingerprint density at radius 1 is 1.16 bits per heavy atom. The van der Waals surface area contributed by atoms with Gasteiger partial charge in [0.25, 0.3) is 0 Å². The second kappa shape index (κ2) is 9.85. The maximum absolute atomic E-state index is 11.8. The van der Waals surface area contributed by atoms with Gasteiger partial charge in [0.2, 0.25) is 0 Å². The molecule has 7 heteroatoms. The maximum Gasteiger partial charge on any atom is 0.407 e. The number of rotatable bonds is 9. The highest BCUT2D eigenvalue weighted by molar-refractivity contribution is 5.67. The molecule has 146 valence electrons. The zero-order valence-corrected chi connectivity index (χ0v) is 16.0. The Hall–Kier alpha value is -1.50. The number of hydrogen-bond donors (Lipinski definition) is 3. The minimum atomic E-state index is -1.000. The smallest absolute Gasteiger partial charge is 0.407 e. The standard InChI is InChI=1S/C18H34N2O5/c1-5-6-7-24-8-9-25-16(23)19-13-18(4)11-14(20-15(21)22)10-17(2,3)12-18/h14,20H,5-13H2,1-4H3,(H,19,23)(H,21,22). The van der Waals surface area contributed by atoms with E-state index in [1.165, 1.54) is 0 Å². The first kappa shape index (κ1) is 21.5. The molecule has 1 fully saturated rings. The first-order chi connectivity index (χ1) is 11.7. The summed E-state index contributed by atoms with van der Waals surface area (Å²) in [4.78, 5) is 22.8. The molecule has 25 heavy (non-hydrogen) atoms. The Kier molecular flexibility index (Phi) is 8.48. The van der Waals surface area contributed by atoms with Crippen molar-refractivity contribution in [3.05, 3.63) is 0 Å². The molecule has 1 aliphatic carbocycles. The van der Waals surface area contributed by atoms with Crippen molar-refractivity contribution in [3.63, 3.8) is 0 Å². The Morgan fingerprint density at radius 3 is 2.52 bits per heavy atom. The molecule has 0 bridgehead atoms. The first-order valence-corrected chi connectivity index (χ1v) is 9.14. The number of ether oxygens (including phenoxy) is 2. The molecule has 1 aliphatic rings. The van der Waals surface area contributed by atoms with Crippen LogP contribution >= 0.6 is 0 Å². The van der Waals surface area contributed by atoms with E-state index in [1.54, 1.807) is 0 Å². The molecule has 0 aromatic carbocycles. The third kappa shape index (κ3) is 8.95. The summed E-state index contributed by atoms with van der Waals surface area (Å²) in [6.07, 6.45) is 3.04. The lowest BCUT2D eigenvalue weighted by molar-refractivity contribution is 0.0565. The van der Waals surface area contributed by atoms with Crippen LogP contribution in [-0.4, -0.2) is 49.7 Å². The van der Waals surface area contributed by atoms with Gasteiger partial charge in [0.15, 0.2) is 0 Å². The molecule has 0 aromatic rings. The highest BCUT2D eigenvalue weighted by atomic mass is 16.6. The first-order valence-electron chi connectivity index (χ1n) is 9.14. The lowest BCUT2D eigenvalue weighted by Crippen LogP contribution is -2.50. The predicted octanol–water partition coefficient (Wildman–Crippen LogP) is 3.38. The molecule has 0 radical (unpaired) electrons. The van der Waals surface area contributed by atoms with Crippen molar-refractivity contribution in [2.45, 2.75) is 65.8 Å². The van der Waals surface area contributed by atoms with Crippen LogP contribution in [0, 0.1) is 10.8 Å². The van der Waals surface area contributed by atoms with Gasteiger partial charge >= 0.3 is 12.2 Å². The highest BCUT2D eigenvalue weighted by Crippen LogP contribution is 2.45. The van der Waals surface area contributed by atoms with Gasteiger partial charge < -0.3 is 25.2 Å². The van der Waals surface area contributed by atoms with Crippen LogP contribution in [-0.2, 0) is 9.47 Å². The minimum Gasteiger partial charge on any atom is -0.465 e. The number of alkyl carbamates (subject to hydrolysis) is 1. The molecule has 0 aromatic heterocycles. The molecule has 2 amide bonds. The van der Waals surface area contributed by atoms with Crippen LogP contribution in [0.3, 0.4) is 0 Å². The van der Waals surface area contributed by atoms with Crippen molar-refractivity contribution in [2.75, 3.05) is 26.4 Å². The Bertz CT molecular complexity index is 441. The Labute approximate surface area is 150 Å². The largest absolute Gasteiger partial charge is 0.465 e. The second-order valence-electron chi connectivity index (χ2n) is 8.16. The van der Waals surface area contributed by atoms with Gasteiger partial charge in [-0.05, 0) is 36.5 Å². The lowest BCUT2D eigenvalue weighted by Gasteiger charge is -2.46. The monoisotopic (exact) mass is 358 g/mol. The third-order valence-corrected chi connectivity index (χ3v) is 4.53. The van der Waals surface area contributed by atoms with Crippen molar-refractivity contribution >= 4 is 12.2 Å². The van der Waals surface area contributed by atoms with E-state index in [4.69, 9.17) is 14.6 Å². The van der Waals surface area contributed by atoms with Gasteiger partial charge in [0, 0.05) is 19.2 Å². The van der Waals surface area contributed by atoms with Crippen LogP contribution in [0.1, 0.15) is 59.8 Å². The van der Waals surface area contributed by atoms with E-state index >= 15 is 0 Å². The molecule has 3 N–H and O–H groups in total. The molecular weight excluding hydrogens is 324 g/mol. The van der Waals surface area contributed by atoms with Gasteiger partial charge in [0.1, 0.15) is 6.61 Å². The van der Waals surface area contributed by atoms with Gasteiger partial charge in [-0.1, -0.05) is 34.1 Å². The molecule has 0 spiro atoms. The summed E-state index contributed by atoms with van der Waals surface area (Å²) in [7, 11) is 0. The van der Waals surface area contributed by atoms with E-state index in [2.05, 4.69) is 38.3 Å².